The minimum Gasteiger partial charge on any atom is -0.419 e. The molecule has 2 aromatic rings. The molecule has 4 bridgehead atoms. The van der Waals surface area contributed by atoms with E-state index < -0.39 is 23.8 Å². The van der Waals surface area contributed by atoms with E-state index in [9.17, 15) is 14.4 Å². The van der Waals surface area contributed by atoms with Crippen LogP contribution in [-0.4, -0.2) is 30.4 Å². The molecule has 2 aromatic carbocycles. The molecule has 1 aliphatic rings. The van der Waals surface area contributed by atoms with E-state index in [1.807, 2.05) is 30.3 Å². The lowest BCUT2D eigenvalue weighted by Gasteiger charge is -2.16. The van der Waals surface area contributed by atoms with Crippen molar-refractivity contribution in [3.63, 3.8) is 0 Å². The van der Waals surface area contributed by atoms with Crippen LogP contribution in [0.5, 0.6) is 5.75 Å². The van der Waals surface area contributed by atoms with Crippen molar-refractivity contribution in [2.45, 2.75) is 25.4 Å². The molecule has 3 rings (SSSR count). The van der Waals surface area contributed by atoms with Crippen LogP contribution in [0.4, 0.5) is 0 Å². The summed E-state index contributed by atoms with van der Waals surface area (Å²) >= 11 is 0. The largest absolute Gasteiger partial charge is 0.419 e. The number of benzene rings is 2. The van der Waals surface area contributed by atoms with Gasteiger partial charge in [-0.1, -0.05) is 30.3 Å². The average molecular weight is 367 g/mol. The Morgan fingerprint density at radius 1 is 1.07 bits per heavy atom. The van der Waals surface area contributed by atoms with Crippen LogP contribution in [0.2, 0.25) is 0 Å². The van der Waals surface area contributed by atoms with Crippen molar-refractivity contribution < 1.29 is 19.1 Å². The number of fused-ring (bicyclic) bond motifs is 5. The molecule has 7 nitrogen and oxygen atoms in total. The molecule has 7 heteroatoms. The van der Waals surface area contributed by atoms with Crippen LogP contribution in [0.15, 0.2) is 48.5 Å². The number of primary amides is 1. The van der Waals surface area contributed by atoms with Gasteiger partial charge in [0.15, 0.2) is 0 Å². The van der Waals surface area contributed by atoms with Gasteiger partial charge in [-0.3, -0.25) is 9.59 Å². The summed E-state index contributed by atoms with van der Waals surface area (Å²) in [5.74, 6) is -1.95. The number of ether oxygens (including phenoxy) is 1. The number of esters is 1. The highest BCUT2D eigenvalue weighted by Gasteiger charge is 2.18. The molecule has 0 saturated heterocycles. The number of nitrogens with one attached hydrogen (secondary N) is 2. The summed E-state index contributed by atoms with van der Waals surface area (Å²) in [4.78, 5) is 35.5. The lowest BCUT2D eigenvalue weighted by molar-refractivity contribution is -0.148. The monoisotopic (exact) mass is 367 g/mol. The first-order chi connectivity index (χ1) is 13.0. The molecule has 4 N–H and O–H groups in total. The zero-order valence-electron chi connectivity index (χ0n) is 14.7. The van der Waals surface area contributed by atoms with Gasteiger partial charge in [0.1, 0.15) is 5.75 Å². The molecule has 1 atom stereocenters. The van der Waals surface area contributed by atoms with Crippen LogP contribution in [0.1, 0.15) is 18.4 Å². The Hall–Kier alpha value is -3.19. The topological polar surface area (TPSA) is 111 Å². The molecule has 140 valence electrons. The fourth-order valence-corrected chi connectivity index (χ4v) is 2.92. The summed E-state index contributed by atoms with van der Waals surface area (Å²) < 4.78 is 5.16. The average Bonchev–Trinajstić information content (AvgIpc) is 2.66. The maximum absolute atomic E-state index is 11.9. The number of carbonyl (C=O) groups excluding carboxylic acids is 3. The van der Waals surface area contributed by atoms with Crippen LogP contribution in [-0.2, 0) is 20.9 Å². The minimum atomic E-state index is -0.974. The van der Waals surface area contributed by atoms with Gasteiger partial charge in [0.2, 0.25) is 5.91 Å². The third-order valence-electron chi connectivity index (χ3n) is 4.34. The second-order valence-corrected chi connectivity index (χ2v) is 6.35. The van der Waals surface area contributed by atoms with Gasteiger partial charge in [-0.05, 0) is 47.7 Å². The van der Waals surface area contributed by atoms with Crippen molar-refractivity contribution in [2.24, 2.45) is 5.73 Å². The van der Waals surface area contributed by atoms with Gasteiger partial charge in [-0.15, -0.1) is 0 Å². The van der Waals surface area contributed by atoms with E-state index >= 15 is 0 Å². The first kappa shape index (κ1) is 18.6. The van der Waals surface area contributed by atoms with Crippen molar-refractivity contribution in [3.05, 3.63) is 54.1 Å². The molecule has 0 saturated carbocycles. The van der Waals surface area contributed by atoms with E-state index in [1.165, 1.54) is 0 Å². The first-order valence-electron chi connectivity index (χ1n) is 8.75. The standard InChI is InChI=1S/C20H21N3O4/c21-18(24)17-8-3-9-22-19(25)20(26)27-16-7-2-6-15(11-16)14-5-1-4-13(10-14)12-23-17/h1-2,4-7,10-11,17,23H,3,8-9,12H2,(H2,21,24)(H,22,25). The van der Waals surface area contributed by atoms with Gasteiger partial charge in [0, 0.05) is 13.1 Å². The Morgan fingerprint density at radius 3 is 2.59 bits per heavy atom. The summed E-state index contributed by atoms with van der Waals surface area (Å²) in [5.41, 5.74) is 8.24. The smallest absolute Gasteiger partial charge is 0.402 e. The van der Waals surface area contributed by atoms with Gasteiger partial charge in [-0.2, -0.15) is 0 Å². The maximum Gasteiger partial charge on any atom is 0.402 e. The number of carbonyl (C=O) groups is 3. The normalized spacial score (nSPS) is 18.3. The molecule has 0 fully saturated rings. The third kappa shape index (κ3) is 4.92. The van der Waals surface area contributed by atoms with Gasteiger partial charge in [-0.25, -0.2) is 4.79 Å². The lowest BCUT2D eigenvalue weighted by atomic mass is 10.0. The van der Waals surface area contributed by atoms with Gasteiger partial charge in [0.25, 0.3) is 0 Å². The highest BCUT2D eigenvalue weighted by Crippen LogP contribution is 2.25. The predicted molar refractivity (Wildman–Crippen MR) is 99.6 cm³/mol. The number of hydrogen-bond acceptors (Lipinski definition) is 5. The second kappa shape index (κ2) is 8.46. The van der Waals surface area contributed by atoms with E-state index in [0.717, 1.165) is 16.7 Å². The van der Waals surface area contributed by atoms with Gasteiger partial charge < -0.3 is 21.1 Å². The summed E-state index contributed by atoms with van der Waals surface area (Å²) in [6, 6.07) is 14.3. The third-order valence-corrected chi connectivity index (χ3v) is 4.34. The summed E-state index contributed by atoms with van der Waals surface area (Å²) in [5, 5.41) is 5.65. The fraction of sp³-hybridized carbons (Fsp3) is 0.250. The second-order valence-electron chi connectivity index (χ2n) is 6.35. The van der Waals surface area contributed by atoms with E-state index in [4.69, 9.17) is 10.5 Å². The molecule has 1 unspecified atom stereocenters. The van der Waals surface area contributed by atoms with E-state index in [1.54, 1.807) is 18.2 Å². The Morgan fingerprint density at radius 2 is 1.81 bits per heavy atom. The Bertz CT molecular complexity index is 866. The van der Waals surface area contributed by atoms with E-state index in [-0.39, 0.29) is 6.54 Å². The van der Waals surface area contributed by atoms with E-state index in [0.29, 0.717) is 25.1 Å². The van der Waals surface area contributed by atoms with Crippen molar-refractivity contribution in [1.29, 1.82) is 0 Å². The molecule has 1 heterocycles. The van der Waals surface area contributed by atoms with Crippen molar-refractivity contribution in [2.75, 3.05) is 6.54 Å². The Balaban J connectivity index is 1.91. The first-order valence-corrected chi connectivity index (χ1v) is 8.75. The molecule has 0 radical (unpaired) electrons. The number of nitrogens with two attached hydrogens (primary N) is 1. The highest BCUT2D eigenvalue weighted by atomic mass is 16.5. The van der Waals surface area contributed by atoms with Crippen molar-refractivity contribution >= 4 is 17.8 Å². The molecule has 0 aliphatic carbocycles. The fourth-order valence-electron chi connectivity index (χ4n) is 2.92. The minimum absolute atomic E-state index is 0.245. The summed E-state index contributed by atoms with van der Waals surface area (Å²) in [6.45, 7) is 0.734. The molecule has 2 amide bonds. The Kier molecular flexibility index (Phi) is 5.83. The predicted octanol–water partition coefficient (Wildman–Crippen LogP) is 1.11. The lowest BCUT2D eigenvalue weighted by Crippen LogP contribution is -2.42. The highest BCUT2D eigenvalue weighted by molar-refractivity contribution is 6.33. The zero-order valence-corrected chi connectivity index (χ0v) is 14.7. The number of hydrogen-bond donors (Lipinski definition) is 3. The Labute approximate surface area is 156 Å². The molecular formula is C20H21N3O4. The maximum atomic E-state index is 11.9. The van der Waals surface area contributed by atoms with Crippen LogP contribution in [0.3, 0.4) is 0 Å². The molecule has 0 spiro atoms. The van der Waals surface area contributed by atoms with Crippen LogP contribution < -0.4 is 21.1 Å². The van der Waals surface area contributed by atoms with Crippen LogP contribution in [0.25, 0.3) is 11.1 Å². The van der Waals surface area contributed by atoms with Gasteiger partial charge >= 0.3 is 11.9 Å². The quantitative estimate of drug-likeness (QED) is 0.397. The zero-order chi connectivity index (χ0) is 19.2. The molecular weight excluding hydrogens is 346 g/mol. The molecule has 27 heavy (non-hydrogen) atoms. The number of amides is 2. The van der Waals surface area contributed by atoms with Crippen LogP contribution >= 0.6 is 0 Å². The van der Waals surface area contributed by atoms with Crippen LogP contribution in [0, 0.1) is 0 Å². The summed E-state index contributed by atoms with van der Waals surface area (Å²) in [7, 11) is 0. The summed E-state index contributed by atoms with van der Waals surface area (Å²) in [6.07, 6.45) is 0.943. The van der Waals surface area contributed by atoms with E-state index in [2.05, 4.69) is 10.6 Å². The SMILES string of the molecule is NC(=O)C1CCCNC(=O)C(=O)Oc2cccc(c2)-c2cccc(c2)CN1. The van der Waals surface area contributed by atoms with Crippen molar-refractivity contribution in [3.8, 4) is 16.9 Å². The van der Waals surface area contributed by atoms with Crippen molar-refractivity contribution in [1.82, 2.24) is 10.6 Å². The molecule has 0 aromatic heterocycles. The number of rotatable bonds is 1. The molecule has 1 aliphatic heterocycles. The van der Waals surface area contributed by atoms with Gasteiger partial charge in [0.05, 0.1) is 6.04 Å².